The van der Waals surface area contributed by atoms with E-state index < -0.39 is 0 Å². The number of amides is 1. The van der Waals surface area contributed by atoms with Crippen LogP contribution in [-0.2, 0) is 4.79 Å². The van der Waals surface area contributed by atoms with Crippen molar-refractivity contribution >= 4 is 18.5 Å². The van der Waals surface area contributed by atoms with Gasteiger partial charge in [0.15, 0.2) is 0 Å². The molecule has 0 saturated carbocycles. The lowest BCUT2D eigenvalue weighted by Gasteiger charge is -2.34. The third kappa shape index (κ3) is 3.88. The van der Waals surface area contributed by atoms with E-state index in [1.807, 2.05) is 4.90 Å². The van der Waals surface area contributed by atoms with Crippen LogP contribution < -0.4 is 0 Å². The van der Waals surface area contributed by atoms with Gasteiger partial charge in [-0.25, -0.2) is 0 Å². The third-order valence-electron chi connectivity index (χ3n) is 4.05. The first-order valence-corrected chi connectivity index (χ1v) is 7.35. The minimum Gasteiger partial charge on any atom is -0.342 e. The Kier molecular flexibility index (Phi) is 4.74. The van der Waals surface area contributed by atoms with Crippen molar-refractivity contribution in [1.82, 2.24) is 9.80 Å². The van der Waals surface area contributed by atoms with Crippen molar-refractivity contribution in [2.45, 2.75) is 37.9 Å². The Morgan fingerprint density at radius 1 is 1.12 bits per heavy atom. The number of thiol groups is 1. The van der Waals surface area contributed by atoms with Crippen LogP contribution in [0.25, 0.3) is 0 Å². The molecular weight excluding hydrogens is 232 g/mol. The maximum absolute atomic E-state index is 12.1. The number of likely N-dealkylation sites (tertiary alicyclic amines) is 2. The highest BCUT2D eigenvalue weighted by atomic mass is 32.1. The number of carbonyl (C=O) groups is 1. The van der Waals surface area contributed by atoms with E-state index in [-0.39, 0.29) is 0 Å². The first-order chi connectivity index (χ1) is 8.15. The molecule has 2 aliphatic rings. The summed E-state index contributed by atoms with van der Waals surface area (Å²) in [6, 6.07) is 0. The third-order valence-corrected chi connectivity index (χ3v) is 4.57. The van der Waals surface area contributed by atoms with Crippen LogP contribution >= 0.6 is 12.6 Å². The molecule has 3 nitrogen and oxygen atoms in total. The highest BCUT2D eigenvalue weighted by molar-refractivity contribution is 7.80. The number of hydrogen-bond donors (Lipinski definition) is 1. The van der Waals surface area contributed by atoms with Gasteiger partial charge in [-0.1, -0.05) is 6.92 Å². The van der Waals surface area contributed by atoms with Crippen molar-refractivity contribution in [1.29, 1.82) is 0 Å². The highest BCUT2D eigenvalue weighted by Gasteiger charge is 2.23. The van der Waals surface area contributed by atoms with E-state index in [9.17, 15) is 4.79 Å². The summed E-state index contributed by atoms with van der Waals surface area (Å²) >= 11 is 4.48. The molecule has 0 aromatic carbocycles. The lowest BCUT2D eigenvalue weighted by Crippen LogP contribution is -2.46. The van der Waals surface area contributed by atoms with Crippen LogP contribution in [0.2, 0.25) is 0 Å². The van der Waals surface area contributed by atoms with Gasteiger partial charge >= 0.3 is 0 Å². The van der Waals surface area contributed by atoms with Crippen LogP contribution in [-0.4, -0.2) is 53.7 Å². The van der Waals surface area contributed by atoms with Gasteiger partial charge in [-0.2, -0.15) is 12.6 Å². The number of rotatable bonds is 2. The van der Waals surface area contributed by atoms with Gasteiger partial charge in [-0.15, -0.1) is 0 Å². The van der Waals surface area contributed by atoms with E-state index in [0.29, 0.717) is 17.7 Å². The summed E-state index contributed by atoms with van der Waals surface area (Å²) in [4.78, 5) is 16.5. The van der Waals surface area contributed by atoms with Crippen molar-refractivity contribution < 1.29 is 4.79 Å². The number of piperidine rings is 2. The average Bonchev–Trinajstić information content (AvgIpc) is 2.33. The minimum atomic E-state index is 0.328. The lowest BCUT2D eigenvalue weighted by atomic mass is 9.99. The SMILES string of the molecule is CC1CCN(C(=O)CN2CCC(S)CC2)CC1. The largest absolute Gasteiger partial charge is 0.342 e. The molecule has 0 unspecified atom stereocenters. The van der Waals surface area contributed by atoms with Crippen molar-refractivity contribution in [3.63, 3.8) is 0 Å². The molecule has 1 amide bonds. The van der Waals surface area contributed by atoms with Crippen molar-refractivity contribution in [2.75, 3.05) is 32.7 Å². The van der Waals surface area contributed by atoms with Gasteiger partial charge in [0.2, 0.25) is 5.91 Å². The molecule has 0 radical (unpaired) electrons. The summed E-state index contributed by atoms with van der Waals surface area (Å²) in [7, 11) is 0. The summed E-state index contributed by atoms with van der Waals surface area (Å²) < 4.78 is 0. The molecule has 0 bridgehead atoms. The lowest BCUT2D eigenvalue weighted by molar-refractivity contribution is -0.133. The molecule has 0 atom stereocenters. The van der Waals surface area contributed by atoms with Gasteiger partial charge in [-0.05, 0) is 44.7 Å². The second-order valence-electron chi connectivity index (χ2n) is 5.57. The fourth-order valence-electron chi connectivity index (χ4n) is 2.63. The van der Waals surface area contributed by atoms with Crippen molar-refractivity contribution in [2.24, 2.45) is 5.92 Å². The molecule has 0 N–H and O–H groups in total. The average molecular weight is 256 g/mol. The molecule has 0 spiro atoms. The Labute approximate surface area is 110 Å². The second-order valence-corrected chi connectivity index (χ2v) is 6.30. The normalized spacial score (nSPS) is 25.2. The molecule has 2 heterocycles. The van der Waals surface area contributed by atoms with Gasteiger partial charge in [-0.3, -0.25) is 9.69 Å². The van der Waals surface area contributed by atoms with Crippen LogP contribution in [0.3, 0.4) is 0 Å². The summed E-state index contributed by atoms with van der Waals surface area (Å²) in [5.41, 5.74) is 0. The summed E-state index contributed by atoms with van der Waals surface area (Å²) in [6.07, 6.45) is 4.58. The molecule has 4 heteroatoms. The van der Waals surface area contributed by atoms with E-state index in [1.165, 1.54) is 12.8 Å². The Balaban J connectivity index is 1.73. The zero-order valence-electron chi connectivity index (χ0n) is 10.8. The molecule has 2 fully saturated rings. The monoisotopic (exact) mass is 256 g/mol. The molecule has 2 saturated heterocycles. The summed E-state index contributed by atoms with van der Waals surface area (Å²) in [5, 5.41) is 0.539. The maximum atomic E-state index is 12.1. The fourth-order valence-corrected chi connectivity index (χ4v) is 2.86. The van der Waals surface area contributed by atoms with E-state index >= 15 is 0 Å². The van der Waals surface area contributed by atoms with E-state index in [0.717, 1.165) is 44.9 Å². The molecular formula is C13H24N2OS. The predicted octanol–water partition coefficient (Wildman–Crippen LogP) is 1.64. The Morgan fingerprint density at radius 3 is 2.29 bits per heavy atom. The predicted molar refractivity (Wildman–Crippen MR) is 73.4 cm³/mol. The summed E-state index contributed by atoms with van der Waals surface area (Å²) in [5.74, 6) is 1.12. The first kappa shape index (κ1) is 13.2. The van der Waals surface area contributed by atoms with E-state index in [4.69, 9.17) is 0 Å². The number of nitrogens with zero attached hydrogens (tertiary/aromatic N) is 2. The molecule has 2 rings (SSSR count). The quantitative estimate of drug-likeness (QED) is 0.759. The van der Waals surface area contributed by atoms with Gasteiger partial charge in [0.1, 0.15) is 0 Å². The number of hydrogen-bond acceptors (Lipinski definition) is 3. The number of carbonyl (C=O) groups excluding carboxylic acids is 1. The van der Waals surface area contributed by atoms with Gasteiger partial charge in [0, 0.05) is 18.3 Å². The van der Waals surface area contributed by atoms with E-state index in [1.54, 1.807) is 0 Å². The fraction of sp³-hybridized carbons (Fsp3) is 0.923. The van der Waals surface area contributed by atoms with Gasteiger partial charge in [0.05, 0.1) is 6.54 Å². The Morgan fingerprint density at radius 2 is 1.71 bits per heavy atom. The standard InChI is InChI=1S/C13H24N2OS/c1-11-2-8-15(9-3-11)13(16)10-14-6-4-12(17)5-7-14/h11-12,17H,2-10H2,1H3. The molecule has 0 aromatic rings. The molecule has 98 valence electrons. The van der Waals surface area contributed by atoms with Crippen LogP contribution in [0.5, 0.6) is 0 Å². The zero-order chi connectivity index (χ0) is 12.3. The van der Waals surface area contributed by atoms with Gasteiger partial charge in [0.25, 0.3) is 0 Å². The van der Waals surface area contributed by atoms with Crippen molar-refractivity contribution in [3.05, 3.63) is 0 Å². The Bertz CT molecular complexity index is 256. The van der Waals surface area contributed by atoms with Crippen LogP contribution in [0.4, 0.5) is 0 Å². The minimum absolute atomic E-state index is 0.328. The highest BCUT2D eigenvalue weighted by Crippen LogP contribution is 2.18. The van der Waals surface area contributed by atoms with Gasteiger partial charge < -0.3 is 4.90 Å². The van der Waals surface area contributed by atoms with E-state index in [2.05, 4.69) is 24.5 Å². The van der Waals surface area contributed by atoms with Crippen LogP contribution in [0.1, 0.15) is 32.6 Å². The molecule has 17 heavy (non-hydrogen) atoms. The smallest absolute Gasteiger partial charge is 0.236 e. The second kappa shape index (κ2) is 6.10. The summed E-state index contributed by atoms with van der Waals surface area (Å²) in [6.45, 7) is 6.88. The topological polar surface area (TPSA) is 23.6 Å². The molecule has 0 aromatic heterocycles. The zero-order valence-corrected chi connectivity index (χ0v) is 11.7. The van der Waals surface area contributed by atoms with Crippen LogP contribution in [0, 0.1) is 5.92 Å². The Hall–Kier alpha value is -0.220. The first-order valence-electron chi connectivity index (χ1n) is 6.83. The molecule has 0 aliphatic carbocycles. The van der Waals surface area contributed by atoms with Crippen molar-refractivity contribution in [3.8, 4) is 0 Å². The molecule has 2 aliphatic heterocycles. The maximum Gasteiger partial charge on any atom is 0.236 e. The van der Waals surface area contributed by atoms with Crippen LogP contribution in [0.15, 0.2) is 0 Å².